The van der Waals surface area contributed by atoms with Gasteiger partial charge < -0.3 is 4.90 Å². The first kappa shape index (κ1) is 12.7. The number of amides is 1. The van der Waals surface area contributed by atoms with Crippen LogP contribution in [0.1, 0.15) is 50.5 Å². The fourth-order valence-electron chi connectivity index (χ4n) is 3.46. The van der Waals surface area contributed by atoms with Crippen molar-refractivity contribution in [1.29, 1.82) is 0 Å². The molecule has 1 saturated heterocycles. The number of likely N-dealkylation sites (tertiary alicyclic amines) is 1. The summed E-state index contributed by atoms with van der Waals surface area (Å²) in [4.78, 5) is 14.8. The fraction of sp³-hybridized carbons (Fsp3) is 0.588. The summed E-state index contributed by atoms with van der Waals surface area (Å²) in [6.45, 7) is 3.19. The summed E-state index contributed by atoms with van der Waals surface area (Å²) in [6.07, 6.45) is 5.83. The Morgan fingerprint density at radius 1 is 1.26 bits per heavy atom. The normalized spacial score (nSPS) is 30.2. The lowest BCUT2D eigenvalue weighted by Crippen LogP contribution is -2.44. The molecule has 1 amide bonds. The van der Waals surface area contributed by atoms with Gasteiger partial charge in [-0.25, -0.2) is 0 Å². The van der Waals surface area contributed by atoms with Gasteiger partial charge in [0.2, 0.25) is 5.91 Å². The van der Waals surface area contributed by atoms with Gasteiger partial charge in [-0.3, -0.25) is 4.79 Å². The van der Waals surface area contributed by atoms with Crippen LogP contribution in [0.25, 0.3) is 0 Å². The van der Waals surface area contributed by atoms with Gasteiger partial charge in [-0.1, -0.05) is 37.3 Å². The summed E-state index contributed by atoms with van der Waals surface area (Å²) in [7, 11) is 0. The van der Waals surface area contributed by atoms with Gasteiger partial charge in [-0.2, -0.15) is 0 Å². The Kier molecular flexibility index (Phi) is 3.58. The quantitative estimate of drug-likeness (QED) is 0.810. The molecule has 0 bridgehead atoms. The van der Waals surface area contributed by atoms with E-state index < -0.39 is 0 Å². The lowest BCUT2D eigenvalue weighted by Gasteiger charge is -2.35. The van der Waals surface area contributed by atoms with Crippen molar-refractivity contribution in [3.05, 3.63) is 35.9 Å². The van der Waals surface area contributed by atoms with Crippen LogP contribution in [0, 0.1) is 5.92 Å². The molecule has 1 aliphatic heterocycles. The molecule has 19 heavy (non-hydrogen) atoms. The van der Waals surface area contributed by atoms with E-state index in [0.717, 1.165) is 19.4 Å². The first-order valence-electron chi connectivity index (χ1n) is 7.66. The number of piperidine rings is 1. The minimum Gasteiger partial charge on any atom is -0.339 e. The maximum absolute atomic E-state index is 12.6. The third kappa shape index (κ3) is 2.54. The van der Waals surface area contributed by atoms with E-state index in [-0.39, 0.29) is 5.92 Å². The van der Waals surface area contributed by atoms with E-state index in [0.29, 0.717) is 17.9 Å². The first-order valence-corrected chi connectivity index (χ1v) is 7.66. The minimum absolute atomic E-state index is 0.259. The largest absolute Gasteiger partial charge is 0.339 e. The zero-order chi connectivity index (χ0) is 13.2. The summed E-state index contributed by atoms with van der Waals surface area (Å²) in [6, 6.07) is 11.0. The molecule has 1 heterocycles. The van der Waals surface area contributed by atoms with Crippen LogP contribution in [0.2, 0.25) is 0 Å². The molecule has 2 fully saturated rings. The van der Waals surface area contributed by atoms with E-state index in [4.69, 9.17) is 0 Å². The van der Waals surface area contributed by atoms with Crippen LogP contribution in [-0.4, -0.2) is 23.4 Å². The van der Waals surface area contributed by atoms with Crippen molar-refractivity contribution in [1.82, 2.24) is 4.90 Å². The zero-order valence-corrected chi connectivity index (χ0v) is 11.7. The highest BCUT2D eigenvalue weighted by Crippen LogP contribution is 2.49. The maximum atomic E-state index is 12.6. The molecule has 0 spiro atoms. The number of hydrogen-bond donors (Lipinski definition) is 0. The second kappa shape index (κ2) is 5.36. The summed E-state index contributed by atoms with van der Waals surface area (Å²) in [5.74, 6) is 1.16. The molecule has 1 aromatic carbocycles. The summed E-state index contributed by atoms with van der Waals surface area (Å²) >= 11 is 0. The van der Waals surface area contributed by atoms with E-state index >= 15 is 0 Å². The molecular weight excluding hydrogens is 234 g/mol. The standard InChI is InChI=1S/C17H23NO/c1-2-14-10-6-7-11-18(14)17(19)16-12-15(16)13-8-4-3-5-9-13/h3-5,8-9,14-16H,2,6-7,10-12H2,1H3/t14-,15-,16-/m1/s1. The van der Waals surface area contributed by atoms with Crippen molar-refractivity contribution < 1.29 is 4.79 Å². The van der Waals surface area contributed by atoms with Crippen LogP contribution in [0.5, 0.6) is 0 Å². The topological polar surface area (TPSA) is 20.3 Å². The Morgan fingerprint density at radius 2 is 2.05 bits per heavy atom. The fourth-order valence-corrected chi connectivity index (χ4v) is 3.46. The molecule has 1 aromatic rings. The smallest absolute Gasteiger partial charge is 0.226 e. The van der Waals surface area contributed by atoms with Gasteiger partial charge >= 0.3 is 0 Å². The molecule has 2 nitrogen and oxygen atoms in total. The third-order valence-corrected chi connectivity index (χ3v) is 4.72. The second-order valence-electron chi connectivity index (χ2n) is 5.95. The van der Waals surface area contributed by atoms with E-state index in [1.165, 1.54) is 24.8 Å². The van der Waals surface area contributed by atoms with E-state index in [2.05, 4.69) is 36.1 Å². The van der Waals surface area contributed by atoms with Crippen LogP contribution in [0.15, 0.2) is 30.3 Å². The number of rotatable bonds is 3. The summed E-state index contributed by atoms with van der Waals surface area (Å²) in [5, 5.41) is 0. The van der Waals surface area contributed by atoms with Gasteiger partial charge in [0.1, 0.15) is 0 Å². The van der Waals surface area contributed by atoms with E-state index in [1.54, 1.807) is 0 Å². The summed E-state index contributed by atoms with van der Waals surface area (Å²) < 4.78 is 0. The Labute approximate surface area is 115 Å². The van der Waals surface area contributed by atoms with Gasteiger partial charge in [-0.05, 0) is 43.6 Å². The predicted molar refractivity (Wildman–Crippen MR) is 76.9 cm³/mol. The molecule has 0 radical (unpaired) electrons. The molecule has 2 aliphatic rings. The van der Waals surface area contributed by atoms with E-state index in [1.807, 2.05) is 6.07 Å². The molecule has 1 aliphatic carbocycles. The highest BCUT2D eigenvalue weighted by atomic mass is 16.2. The Hall–Kier alpha value is -1.31. The average molecular weight is 257 g/mol. The molecule has 0 aromatic heterocycles. The van der Waals surface area contributed by atoms with Gasteiger partial charge in [-0.15, -0.1) is 0 Å². The van der Waals surface area contributed by atoms with Crippen molar-refractivity contribution in [2.75, 3.05) is 6.54 Å². The second-order valence-corrected chi connectivity index (χ2v) is 5.95. The van der Waals surface area contributed by atoms with Crippen LogP contribution in [0.3, 0.4) is 0 Å². The number of carbonyl (C=O) groups is 1. The predicted octanol–water partition coefficient (Wildman–Crippen LogP) is 3.58. The average Bonchev–Trinajstić information content (AvgIpc) is 3.28. The minimum atomic E-state index is 0.259. The van der Waals surface area contributed by atoms with Crippen LogP contribution >= 0.6 is 0 Å². The highest BCUT2D eigenvalue weighted by molar-refractivity contribution is 5.83. The van der Waals surface area contributed by atoms with Crippen molar-refractivity contribution >= 4 is 5.91 Å². The van der Waals surface area contributed by atoms with Crippen molar-refractivity contribution in [2.24, 2.45) is 5.92 Å². The van der Waals surface area contributed by atoms with Gasteiger partial charge in [0, 0.05) is 18.5 Å². The number of nitrogens with zero attached hydrogens (tertiary/aromatic N) is 1. The van der Waals surface area contributed by atoms with Crippen LogP contribution in [-0.2, 0) is 4.79 Å². The van der Waals surface area contributed by atoms with Gasteiger partial charge in [0.05, 0.1) is 0 Å². The number of benzene rings is 1. The molecule has 102 valence electrons. The maximum Gasteiger partial charge on any atom is 0.226 e. The summed E-state index contributed by atoms with van der Waals surface area (Å²) in [5.41, 5.74) is 1.34. The zero-order valence-electron chi connectivity index (χ0n) is 11.7. The van der Waals surface area contributed by atoms with Crippen molar-refractivity contribution in [3.8, 4) is 0 Å². The lowest BCUT2D eigenvalue weighted by atomic mass is 9.99. The lowest BCUT2D eigenvalue weighted by molar-refractivity contribution is -0.136. The van der Waals surface area contributed by atoms with Gasteiger partial charge in [0.25, 0.3) is 0 Å². The molecule has 1 saturated carbocycles. The van der Waals surface area contributed by atoms with Crippen LogP contribution < -0.4 is 0 Å². The Bertz CT molecular complexity index is 442. The van der Waals surface area contributed by atoms with Crippen LogP contribution in [0.4, 0.5) is 0 Å². The molecular formula is C17H23NO. The van der Waals surface area contributed by atoms with Crippen molar-refractivity contribution in [2.45, 2.75) is 51.0 Å². The Morgan fingerprint density at radius 3 is 2.79 bits per heavy atom. The number of hydrogen-bond acceptors (Lipinski definition) is 1. The third-order valence-electron chi connectivity index (χ3n) is 4.72. The molecule has 3 rings (SSSR count). The molecule has 3 atom stereocenters. The Balaban J connectivity index is 1.66. The molecule has 2 heteroatoms. The van der Waals surface area contributed by atoms with E-state index in [9.17, 15) is 4.79 Å². The SMILES string of the molecule is CC[C@@H]1CCCCN1C(=O)[C@@H]1C[C@@H]1c1ccccc1. The number of carbonyl (C=O) groups excluding carboxylic acids is 1. The van der Waals surface area contributed by atoms with Crippen molar-refractivity contribution in [3.63, 3.8) is 0 Å². The first-order chi connectivity index (χ1) is 9.31. The van der Waals surface area contributed by atoms with Gasteiger partial charge in [0.15, 0.2) is 0 Å². The molecule has 0 unspecified atom stereocenters. The molecule has 0 N–H and O–H groups in total. The highest BCUT2D eigenvalue weighted by Gasteiger charge is 2.46. The monoisotopic (exact) mass is 257 g/mol.